The molecule has 0 aromatic heterocycles. The Labute approximate surface area is 142 Å². The Kier molecular flexibility index (Phi) is 5.35. The third-order valence-electron chi connectivity index (χ3n) is 2.75. The van der Waals surface area contributed by atoms with Gasteiger partial charge in [0.15, 0.2) is 11.5 Å². The lowest BCUT2D eigenvalue weighted by molar-refractivity contribution is 0.0730. The summed E-state index contributed by atoms with van der Waals surface area (Å²) < 4.78 is 5.12. The van der Waals surface area contributed by atoms with Crippen LogP contribution >= 0.6 is 11.6 Å². The van der Waals surface area contributed by atoms with Gasteiger partial charge in [0.05, 0.1) is 5.56 Å². The number of hydrogen-bond donors (Lipinski definition) is 2. The number of nitrogens with one attached hydrogen (secondary N) is 1. The number of anilines is 1. The van der Waals surface area contributed by atoms with Crippen molar-refractivity contribution in [2.75, 3.05) is 5.43 Å². The van der Waals surface area contributed by atoms with Gasteiger partial charge in [-0.3, -0.25) is 5.43 Å². The summed E-state index contributed by atoms with van der Waals surface area (Å²) in [5, 5.41) is 31.0. The van der Waals surface area contributed by atoms with Crippen LogP contribution in [0.5, 0.6) is 11.5 Å². The third-order valence-corrected chi connectivity index (χ3v) is 2.97. The lowest BCUT2D eigenvalue weighted by Crippen LogP contribution is -2.08. The van der Waals surface area contributed by atoms with E-state index in [2.05, 4.69) is 10.5 Å². The second-order valence-corrected chi connectivity index (χ2v) is 4.79. The van der Waals surface area contributed by atoms with Crippen LogP contribution in [-0.4, -0.2) is 16.8 Å². The molecular formula is C16H9ClN4O3. The predicted octanol–water partition coefficient (Wildman–Crippen LogP) is 3.08. The minimum Gasteiger partial charge on any atom is -0.503 e. The van der Waals surface area contributed by atoms with E-state index >= 15 is 0 Å². The average molecular weight is 341 g/mol. The van der Waals surface area contributed by atoms with Crippen molar-refractivity contribution in [1.82, 2.24) is 0 Å². The number of esters is 1. The zero-order chi connectivity index (χ0) is 17.5. The zero-order valence-electron chi connectivity index (χ0n) is 12.0. The third kappa shape index (κ3) is 4.01. The molecule has 0 bridgehead atoms. The number of nitriles is 2. The van der Waals surface area contributed by atoms with Crippen LogP contribution in [0.15, 0.2) is 47.6 Å². The number of carbonyl (C=O) groups excluding carboxylic acids is 1. The van der Waals surface area contributed by atoms with Gasteiger partial charge >= 0.3 is 5.97 Å². The zero-order valence-corrected chi connectivity index (χ0v) is 12.8. The van der Waals surface area contributed by atoms with E-state index in [1.807, 2.05) is 0 Å². The highest BCUT2D eigenvalue weighted by Crippen LogP contribution is 2.37. The molecule has 0 heterocycles. The van der Waals surface area contributed by atoms with E-state index in [4.69, 9.17) is 26.9 Å². The van der Waals surface area contributed by atoms with Crippen molar-refractivity contribution in [2.24, 2.45) is 5.10 Å². The van der Waals surface area contributed by atoms with Gasteiger partial charge in [0.25, 0.3) is 0 Å². The Morgan fingerprint density at radius 2 is 1.88 bits per heavy atom. The summed E-state index contributed by atoms with van der Waals surface area (Å²) in [5.74, 6) is -1.32. The monoisotopic (exact) mass is 340 g/mol. The number of aromatic hydroxyl groups is 1. The van der Waals surface area contributed by atoms with Crippen molar-refractivity contribution in [1.29, 1.82) is 10.5 Å². The molecule has 0 aliphatic carbocycles. The fourth-order valence-corrected chi connectivity index (χ4v) is 1.87. The Morgan fingerprint density at radius 3 is 2.50 bits per heavy atom. The molecular weight excluding hydrogens is 332 g/mol. The van der Waals surface area contributed by atoms with E-state index in [0.29, 0.717) is 5.56 Å². The number of nitrogens with zero attached hydrogens (tertiary/aromatic N) is 3. The summed E-state index contributed by atoms with van der Waals surface area (Å²) in [4.78, 5) is 12.0. The lowest BCUT2D eigenvalue weighted by atomic mass is 10.2. The van der Waals surface area contributed by atoms with E-state index in [1.165, 1.54) is 12.1 Å². The number of benzene rings is 2. The molecule has 0 spiro atoms. The lowest BCUT2D eigenvalue weighted by Gasteiger charge is -2.10. The van der Waals surface area contributed by atoms with Crippen molar-refractivity contribution in [3.8, 4) is 23.6 Å². The van der Waals surface area contributed by atoms with Gasteiger partial charge in [-0.1, -0.05) is 29.8 Å². The van der Waals surface area contributed by atoms with Crippen molar-refractivity contribution < 1.29 is 14.6 Å². The van der Waals surface area contributed by atoms with E-state index in [0.717, 1.165) is 0 Å². The number of halogens is 1. The van der Waals surface area contributed by atoms with Gasteiger partial charge in [-0.2, -0.15) is 15.6 Å². The molecule has 0 atom stereocenters. The molecule has 0 aliphatic heterocycles. The molecule has 0 saturated heterocycles. The van der Waals surface area contributed by atoms with Gasteiger partial charge in [-0.25, -0.2) is 4.79 Å². The van der Waals surface area contributed by atoms with Crippen molar-refractivity contribution in [2.45, 2.75) is 0 Å². The molecule has 0 unspecified atom stereocenters. The maximum Gasteiger partial charge on any atom is 0.343 e. The van der Waals surface area contributed by atoms with E-state index in [1.54, 1.807) is 42.5 Å². The normalized spacial score (nSPS) is 9.29. The fraction of sp³-hybridized carbons (Fsp3) is 0. The molecule has 0 saturated carbocycles. The minimum absolute atomic E-state index is 0.0265. The van der Waals surface area contributed by atoms with Gasteiger partial charge in [0, 0.05) is 11.1 Å². The molecule has 2 rings (SSSR count). The van der Waals surface area contributed by atoms with Gasteiger partial charge in [0.2, 0.25) is 5.71 Å². The first-order valence-electron chi connectivity index (χ1n) is 6.48. The average Bonchev–Trinajstić information content (AvgIpc) is 2.60. The van der Waals surface area contributed by atoms with Crippen LogP contribution in [0.1, 0.15) is 10.4 Å². The summed E-state index contributed by atoms with van der Waals surface area (Å²) in [7, 11) is 0. The standard InChI is InChI=1S/C16H9ClN4O3/c17-11-6-13(21-20-12(8-18)9-19)15(22)14(7-11)24-16(23)10-4-2-1-3-5-10/h1-7,21-22H. The van der Waals surface area contributed by atoms with Gasteiger partial charge in [-0.15, -0.1) is 0 Å². The summed E-state index contributed by atoms with van der Waals surface area (Å²) >= 11 is 5.91. The molecule has 0 radical (unpaired) electrons. The first-order valence-corrected chi connectivity index (χ1v) is 6.86. The van der Waals surface area contributed by atoms with Crippen LogP contribution in [0, 0.1) is 22.7 Å². The molecule has 8 heteroatoms. The second-order valence-electron chi connectivity index (χ2n) is 4.35. The topological polar surface area (TPSA) is 119 Å². The molecule has 118 valence electrons. The SMILES string of the molecule is N#CC(C#N)=NNc1cc(Cl)cc(OC(=O)c2ccccc2)c1O. The van der Waals surface area contributed by atoms with Gasteiger partial charge in [-0.05, 0) is 18.2 Å². The highest BCUT2D eigenvalue weighted by atomic mass is 35.5. The molecule has 2 aromatic rings. The van der Waals surface area contributed by atoms with Crippen LogP contribution < -0.4 is 10.2 Å². The summed E-state index contributed by atoms with van der Waals surface area (Å²) in [6.07, 6.45) is 0. The summed E-state index contributed by atoms with van der Waals surface area (Å²) in [6.45, 7) is 0. The maximum atomic E-state index is 12.0. The van der Waals surface area contributed by atoms with E-state index < -0.39 is 17.4 Å². The Morgan fingerprint density at radius 1 is 1.21 bits per heavy atom. The molecule has 0 amide bonds. The minimum atomic E-state index is -0.683. The molecule has 0 fully saturated rings. The van der Waals surface area contributed by atoms with E-state index in [-0.39, 0.29) is 16.5 Å². The highest BCUT2D eigenvalue weighted by molar-refractivity contribution is 6.31. The first kappa shape index (κ1) is 16.8. The Hall–Kier alpha value is -3.55. The van der Waals surface area contributed by atoms with Crippen molar-refractivity contribution in [3.05, 3.63) is 53.1 Å². The van der Waals surface area contributed by atoms with Crippen LogP contribution in [0.4, 0.5) is 5.69 Å². The van der Waals surface area contributed by atoms with Crippen molar-refractivity contribution in [3.63, 3.8) is 0 Å². The van der Waals surface area contributed by atoms with Crippen molar-refractivity contribution >= 4 is 29.0 Å². The summed E-state index contributed by atoms with van der Waals surface area (Å²) in [6, 6.07) is 13.8. The predicted molar refractivity (Wildman–Crippen MR) is 86.8 cm³/mol. The van der Waals surface area contributed by atoms with Crippen LogP contribution in [0.2, 0.25) is 5.02 Å². The molecule has 7 nitrogen and oxygen atoms in total. The quantitative estimate of drug-likeness (QED) is 0.290. The van der Waals surface area contributed by atoms with E-state index in [9.17, 15) is 9.90 Å². The molecule has 2 N–H and O–H groups in total. The van der Waals surface area contributed by atoms with Gasteiger partial charge < -0.3 is 9.84 Å². The Bertz CT molecular complexity index is 867. The number of phenolic OH excluding ortho intramolecular Hbond substituents is 1. The highest BCUT2D eigenvalue weighted by Gasteiger charge is 2.15. The van der Waals surface area contributed by atoms with Gasteiger partial charge in [0.1, 0.15) is 17.8 Å². The number of carbonyl (C=O) groups is 1. The number of ether oxygens (including phenoxy) is 1. The molecule has 2 aromatic carbocycles. The first-order chi connectivity index (χ1) is 11.5. The second kappa shape index (κ2) is 7.63. The molecule has 0 aliphatic rings. The smallest absolute Gasteiger partial charge is 0.343 e. The fourth-order valence-electron chi connectivity index (χ4n) is 1.66. The van der Waals surface area contributed by atoms with Crippen LogP contribution in [-0.2, 0) is 0 Å². The Balaban J connectivity index is 2.29. The largest absolute Gasteiger partial charge is 0.503 e. The number of rotatable bonds is 4. The number of hydrazone groups is 1. The molecule has 24 heavy (non-hydrogen) atoms. The summed E-state index contributed by atoms with van der Waals surface area (Å²) in [5.41, 5.74) is 2.15. The van der Waals surface area contributed by atoms with Crippen LogP contribution in [0.3, 0.4) is 0 Å². The maximum absolute atomic E-state index is 12.0. The number of hydrogen-bond acceptors (Lipinski definition) is 7. The van der Waals surface area contributed by atoms with Crippen LogP contribution in [0.25, 0.3) is 0 Å². The number of phenols is 1.